The highest BCUT2D eigenvalue weighted by Gasteiger charge is 2.38. The summed E-state index contributed by atoms with van der Waals surface area (Å²) in [5, 5.41) is 2.87. The summed E-state index contributed by atoms with van der Waals surface area (Å²) in [6, 6.07) is 7.54. The maximum absolute atomic E-state index is 14.6. The minimum Gasteiger partial charge on any atom is -0.464 e. The third-order valence-corrected chi connectivity index (χ3v) is 5.90. The van der Waals surface area contributed by atoms with Crippen molar-refractivity contribution in [3.63, 3.8) is 0 Å². The van der Waals surface area contributed by atoms with Crippen LogP contribution in [0.2, 0.25) is 0 Å². The van der Waals surface area contributed by atoms with E-state index in [1.807, 2.05) is 0 Å². The van der Waals surface area contributed by atoms with Crippen LogP contribution >= 0.6 is 0 Å². The van der Waals surface area contributed by atoms with E-state index < -0.39 is 40.4 Å². The third-order valence-electron chi connectivity index (χ3n) is 4.68. The first-order chi connectivity index (χ1) is 16.5. The minimum absolute atomic E-state index is 0.0265. The Kier molecular flexibility index (Phi) is 6.61. The molecular formula is C22H14F6N4O2S. The van der Waals surface area contributed by atoms with E-state index >= 15 is 0 Å². The highest BCUT2D eigenvalue weighted by molar-refractivity contribution is 7.86. The molecule has 4 aromatic rings. The van der Waals surface area contributed by atoms with Gasteiger partial charge in [-0.05, 0) is 48.2 Å². The lowest BCUT2D eigenvalue weighted by Crippen LogP contribution is -2.21. The van der Waals surface area contributed by atoms with Crippen LogP contribution in [-0.2, 0) is 21.2 Å². The van der Waals surface area contributed by atoms with E-state index in [1.165, 1.54) is 36.8 Å². The average molecular weight is 512 g/mol. The zero-order chi connectivity index (χ0) is 25.3. The van der Waals surface area contributed by atoms with E-state index in [0.29, 0.717) is 0 Å². The molecule has 182 valence electrons. The second-order valence-electron chi connectivity index (χ2n) is 7.25. The lowest BCUT2D eigenvalue weighted by atomic mass is 10.0. The summed E-state index contributed by atoms with van der Waals surface area (Å²) >= 11 is 0. The van der Waals surface area contributed by atoms with Crippen molar-refractivity contribution >= 4 is 39.2 Å². The van der Waals surface area contributed by atoms with Gasteiger partial charge in [-0.15, -0.1) is 0 Å². The van der Waals surface area contributed by atoms with Crippen molar-refractivity contribution in [2.45, 2.75) is 11.9 Å². The maximum atomic E-state index is 14.6. The fourth-order valence-corrected chi connectivity index (χ4v) is 4.35. The van der Waals surface area contributed by atoms with Gasteiger partial charge in [0, 0.05) is 16.9 Å². The Morgan fingerprint density at radius 2 is 1.83 bits per heavy atom. The number of alkyl halides is 3. The summed E-state index contributed by atoms with van der Waals surface area (Å²) in [5.74, 6) is -4.58. The Morgan fingerprint density at radius 3 is 2.57 bits per heavy atom. The van der Waals surface area contributed by atoms with Crippen molar-refractivity contribution in [1.29, 1.82) is 0 Å². The molecule has 35 heavy (non-hydrogen) atoms. The predicted molar refractivity (Wildman–Crippen MR) is 117 cm³/mol. The number of carbonyl (C=O) groups excluding carboxylic acids is 1. The second kappa shape index (κ2) is 9.49. The summed E-state index contributed by atoms with van der Waals surface area (Å²) in [6.07, 6.45) is -1.61. The van der Waals surface area contributed by atoms with Crippen LogP contribution in [0.3, 0.4) is 0 Å². The summed E-state index contributed by atoms with van der Waals surface area (Å²) in [5.41, 5.74) is 0.633. The Bertz CT molecular complexity index is 1470. The Morgan fingerprint density at radius 1 is 1.06 bits per heavy atom. The van der Waals surface area contributed by atoms with Crippen LogP contribution in [0, 0.1) is 17.6 Å². The molecule has 3 aromatic heterocycles. The third kappa shape index (κ3) is 5.50. The highest BCUT2D eigenvalue weighted by Crippen LogP contribution is 2.34. The largest absolute Gasteiger partial charge is 0.474 e. The van der Waals surface area contributed by atoms with Crippen LogP contribution in [0.15, 0.2) is 57.6 Å². The zero-order valence-electron chi connectivity index (χ0n) is 17.7. The summed E-state index contributed by atoms with van der Waals surface area (Å²) in [6.45, 7) is 0. The highest BCUT2D eigenvalue weighted by atomic mass is 32.2. The number of aromatic nitrogens is 2. The number of hydrogen-bond donors (Lipinski definition) is 1. The Balaban J connectivity index is 1.62. The van der Waals surface area contributed by atoms with Gasteiger partial charge in [0.25, 0.3) is 0 Å². The average Bonchev–Trinajstić information content (AvgIpc) is 3.25. The quantitative estimate of drug-likeness (QED) is 0.259. The number of rotatable bonds is 5. The van der Waals surface area contributed by atoms with E-state index in [2.05, 4.69) is 19.6 Å². The van der Waals surface area contributed by atoms with Gasteiger partial charge in [0.2, 0.25) is 5.95 Å². The fraction of sp³-hybridized carbons (Fsp3) is 0.136. The van der Waals surface area contributed by atoms with Crippen LogP contribution < -0.4 is 5.32 Å². The molecule has 1 aromatic carbocycles. The van der Waals surface area contributed by atoms with E-state index in [4.69, 9.17) is 4.42 Å². The number of halogens is 6. The smallest absolute Gasteiger partial charge is 0.464 e. The van der Waals surface area contributed by atoms with Crippen LogP contribution in [0.25, 0.3) is 22.1 Å². The molecule has 6 nitrogen and oxygen atoms in total. The van der Waals surface area contributed by atoms with E-state index in [0.717, 1.165) is 18.3 Å². The molecule has 0 bridgehead atoms. The summed E-state index contributed by atoms with van der Waals surface area (Å²) in [7, 11) is -1.38. The van der Waals surface area contributed by atoms with E-state index in [1.54, 1.807) is 0 Å². The molecule has 1 N–H and O–H groups in total. The Labute approximate surface area is 196 Å². The van der Waals surface area contributed by atoms with Gasteiger partial charge < -0.3 is 9.73 Å². The predicted octanol–water partition coefficient (Wildman–Crippen LogP) is 6.07. The van der Waals surface area contributed by atoms with Gasteiger partial charge in [-0.1, -0.05) is 10.7 Å². The molecule has 1 atom stereocenters. The number of fused-ring (bicyclic) bond motifs is 1. The van der Waals surface area contributed by atoms with Gasteiger partial charge >= 0.3 is 12.1 Å². The minimum atomic E-state index is -5.09. The first kappa shape index (κ1) is 24.4. The number of amides is 1. The molecule has 4 rings (SSSR count). The summed E-state index contributed by atoms with van der Waals surface area (Å²) < 4.78 is 88.2. The number of pyridine rings is 2. The van der Waals surface area contributed by atoms with Gasteiger partial charge in [0.05, 0.1) is 17.8 Å². The number of nitrogens with zero attached hydrogens (tertiary/aromatic N) is 3. The van der Waals surface area contributed by atoms with Gasteiger partial charge in [-0.2, -0.15) is 21.9 Å². The van der Waals surface area contributed by atoms with Gasteiger partial charge in [0.15, 0.2) is 0 Å². The standard InChI is InChI=1S/C22H14F6N4O2S/c1-35(32-21(33)22(26,27)28)10-11-6-17(25)30-19(7-11)31-18-8-14(16(24)9-29-18)12-2-3-15(23)13-4-5-34-20(12)13/h2-9H,10H2,1H3,(H,29,30,31). The number of furan rings is 1. The van der Waals surface area contributed by atoms with Crippen molar-refractivity contribution in [3.05, 3.63) is 72.0 Å². The van der Waals surface area contributed by atoms with Crippen molar-refractivity contribution in [2.24, 2.45) is 4.36 Å². The molecule has 13 heteroatoms. The Hall–Kier alpha value is -3.74. The fourth-order valence-electron chi connectivity index (χ4n) is 3.25. The zero-order valence-corrected chi connectivity index (χ0v) is 18.5. The molecule has 0 aliphatic carbocycles. The first-order valence-corrected chi connectivity index (χ1v) is 11.5. The van der Waals surface area contributed by atoms with Crippen molar-refractivity contribution in [3.8, 4) is 11.1 Å². The van der Waals surface area contributed by atoms with E-state index in [9.17, 15) is 31.1 Å². The SMILES string of the molecule is CS(Cc1cc(F)nc(Nc2cc(-c3ccc(F)c4ccoc34)c(F)cn2)c1)=NC(=O)C(F)(F)F. The number of benzene rings is 1. The second-order valence-corrected chi connectivity index (χ2v) is 8.93. The van der Waals surface area contributed by atoms with Crippen LogP contribution in [0.5, 0.6) is 0 Å². The number of carbonyl (C=O) groups is 1. The molecule has 0 aliphatic heterocycles. The van der Waals surface area contributed by atoms with Crippen molar-refractivity contribution in [1.82, 2.24) is 9.97 Å². The molecule has 0 aliphatic rings. The van der Waals surface area contributed by atoms with Crippen molar-refractivity contribution < 1.29 is 35.6 Å². The molecule has 3 heterocycles. The van der Waals surface area contributed by atoms with Crippen LogP contribution in [0.1, 0.15) is 5.56 Å². The monoisotopic (exact) mass is 512 g/mol. The summed E-state index contributed by atoms with van der Waals surface area (Å²) in [4.78, 5) is 18.6. The molecule has 1 amide bonds. The van der Waals surface area contributed by atoms with Gasteiger partial charge in [-0.25, -0.2) is 18.7 Å². The first-order valence-electron chi connectivity index (χ1n) is 9.72. The van der Waals surface area contributed by atoms with Gasteiger partial charge in [0.1, 0.15) is 28.9 Å². The number of anilines is 2. The molecule has 0 fully saturated rings. The maximum Gasteiger partial charge on any atom is 0.474 e. The van der Waals surface area contributed by atoms with E-state index in [-0.39, 0.29) is 45.0 Å². The van der Waals surface area contributed by atoms with Crippen LogP contribution in [-0.4, -0.2) is 28.3 Å². The molecular weight excluding hydrogens is 498 g/mol. The molecule has 0 radical (unpaired) electrons. The van der Waals surface area contributed by atoms with Crippen molar-refractivity contribution in [2.75, 3.05) is 11.6 Å². The normalized spacial score (nSPS) is 12.8. The molecule has 1 unspecified atom stereocenters. The molecule has 0 saturated carbocycles. The number of nitrogens with one attached hydrogen (secondary N) is 1. The lowest BCUT2D eigenvalue weighted by Gasteiger charge is -2.11. The lowest BCUT2D eigenvalue weighted by molar-refractivity contribution is -0.169. The molecule has 0 spiro atoms. The van der Waals surface area contributed by atoms with Crippen LogP contribution in [0.4, 0.5) is 38.0 Å². The van der Waals surface area contributed by atoms with Gasteiger partial charge in [-0.3, -0.25) is 4.79 Å². The molecule has 0 saturated heterocycles. The topological polar surface area (TPSA) is 80.4 Å². The number of hydrogen-bond acceptors (Lipinski definition) is 5.